The molecule has 0 fully saturated rings. The third kappa shape index (κ3) is 4.83. The summed E-state index contributed by atoms with van der Waals surface area (Å²) < 4.78 is 0. The van der Waals surface area contributed by atoms with E-state index in [9.17, 15) is 4.79 Å². The summed E-state index contributed by atoms with van der Waals surface area (Å²) in [7, 11) is 0. The van der Waals surface area contributed by atoms with Crippen LogP contribution in [0.3, 0.4) is 0 Å². The lowest BCUT2D eigenvalue weighted by molar-refractivity contribution is -0.121. The summed E-state index contributed by atoms with van der Waals surface area (Å²) in [5, 5.41) is 9.96. The van der Waals surface area contributed by atoms with Crippen LogP contribution in [0.1, 0.15) is 44.1 Å². The fourth-order valence-electron chi connectivity index (χ4n) is 3.49. The zero-order valence-corrected chi connectivity index (χ0v) is 15.2. The molecule has 0 aliphatic heterocycles. The number of aliphatic hydroxyl groups is 1. The molecule has 3 rings (SSSR count). The van der Waals surface area contributed by atoms with Crippen LogP contribution in [0, 0.1) is 0 Å². The Labute approximate surface area is 155 Å². The van der Waals surface area contributed by atoms with Crippen molar-refractivity contribution >= 4 is 16.7 Å². The molecule has 3 aromatic rings. The molecule has 2 aromatic carbocycles. The number of ketones is 1. The number of nitrogens with one attached hydrogen (secondary N) is 1. The van der Waals surface area contributed by atoms with E-state index in [1.165, 1.54) is 34.0 Å². The lowest BCUT2D eigenvalue weighted by Crippen LogP contribution is -2.02. The topological polar surface area (TPSA) is 53.1 Å². The molecule has 1 aromatic heterocycles. The predicted octanol–water partition coefficient (Wildman–Crippen LogP) is 5.28. The molecule has 0 saturated heterocycles. The Bertz CT molecular complexity index is 850. The molecule has 3 nitrogen and oxygen atoms in total. The van der Waals surface area contributed by atoms with Crippen LogP contribution < -0.4 is 0 Å². The van der Waals surface area contributed by atoms with Gasteiger partial charge in [0.15, 0.2) is 5.78 Å². The second-order valence-electron chi connectivity index (χ2n) is 6.90. The molecule has 26 heavy (non-hydrogen) atoms. The molecule has 0 unspecified atom stereocenters. The number of benzene rings is 2. The van der Waals surface area contributed by atoms with Gasteiger partial charge in [0.25, 0.3) is 0 Å². The quantitative estimate of drug-likeness (QED) is 0.489. The predicted molar refractivity (Wildman–Crippen MR) is 107 cm³/mol. The Hall–Kier alpha value is -2.39. The fraction of sp³-hybridized carbons (Fsp3) is 0.348. The van der Waals surface area contributed by atoms with Crippen LogP contribution in [0.5, 0.6) is 0 Å². The van der Waals surface area contributed by atoms with Crippen molar-refractivity contribution in [2.45, 2.75) is 44.9 Å². The monoisotopic (exact) mass is 349 g/mol. The first-order valence-electron chi connectivity index (χ1n) is 9.56. The van der Waals surface area contributed by atoms with Crippen molar-refractivity contribution in [1.29, 1.82) is 0 Å². The highest BCUT2D eigenvalue weighted by Crippen LogP contribution is 2.28. The Balaban J connectivity index is 1.53. The highest BCUT2D eigenvalue weighted by atomic mass is 16.3. The van der Waals surface area contributed by atoms with Crippen molar-refractivity contribution in [1.82, 2.24) is 4.98 Å². The molecule has 136 valence electrons. The van der Waals surface area contributed by atoms with Gasteiger partial charge in [-0.3, -0.25) is 4.79 Å². The van der Waals surface area contributed by atoms with Gasteiger partial charge in [-0.1, -0.05) is 49.6 Å². The molecule has 0 atom stereocenters. The summed E-state index contributed by atoms with van der Waals surface area (Å²) in [6, 6.07) is 17.4. The van der Waals surface area contributed by atoms with E-state index >= 15 is 0 Å². The zero-order valence-electron chi connectivity index (χ0n) is 15.2. The number of carbonyl (C=O) groups excluding carboxylic acids is 1. The second kappa shape index (κ2) is 9.35. The number of aromatic amines is 1. The van der Waals surface area contributed by atoms with Crippen molar-refractivity contribution < 1.29 is 9.90 Å². The molecule has 0 amide bonds. The minimum Gasteiger partial charge on any atom is -0.389 e. The molecule has 0 radical (unpaired) electrons. The van der Waals surface area contributed by atoms with E-state index in [1.54, 1.807) is 0 Å². The van der Waals surface area contributed by atoms with Crippen LogP contribution >= 0.6 is 0 Å². The van der Waals surface area contributed by atoms with Gasteiger partial charge in [-0.05, 0) is 59.5 Å². The third-order valence-electron chi connectivity index (χ3n) is 4.96. The van der Waals surface area contributed by atoms with Crippen LogP contribution in [0.15, 0.2) is 54.7 Å². The Morgan fingerprint density at radius 1 is 0.923 bits per heavy atom. The van der Waals surface area contributed by atoms with Crippen LogP contribution in [-0.4, -0.2) is 22.5 Å². The highest BCUT2D eigenvalue weighted by molar-refractivity contribution is 5.85. The number of Topliss-reactive ketones (excluding diaryl/α,β-unsaturated/α-hetero) is 1. The van der Waals surface area contributed by atoms with Crippen LogP contribution in [0.25, 0.3) is 22.0 Å². The molecule has 1 heterocycles. The first-order chi connectivity index (χ1) is 12.8. The van der Waals surface area contributed by atoms with Crippen LogP contribution in [0.2, 0.25) is 0 Å². The van der Waals surface area contributed by atoms with Crippen molar-refractivity contribution in [3.05, 3.63) is 60.3 Å². The average Bonchev–Trinajstić information content (AvgIpc) is 3.15. The molecule has 2 N–H and O–H groups in total. The second-order valence-corrected chi connectivity index (χ2v) is 6.90. The molecular formula is C23H27NO2. The van der Waals surface area contributed by atoms with Gasteiger partial charge in [0.2, 0.25) is 0 Å². The van der Waals surface area contributed by atoms with E-state index in [2.05, 4.69) is 53.5 Å². The lowest BCUT2D eigenvalue weighted by Gasteiger charge is -2.10. The Morgan fingerprint density at radius 3 is 2.62 bits per heavy atom. The van der Waals surface area contributed by atoms with Gasteiger partial charge in [0, 0.05) is 18.1 Å². The van der Waals surface area contributed by atoms with Gasteiger partial charge in [-0.25, -0.2) is 0 Å². The molecule has 0 spiro atoms. The number of carbonyl (C=O) groups is 1. The van der Waals surface area contributed by atoms with E-state index in [0.717, 1.165) is 32.1 Å². The number of unbranched alkanes of at least 4 members (excludes halogenated alkanes) is 4. The Kier molecular flexibility index (Phi) is 6.62. The average molecular weight is 349 g/mol. The fourth-order valence-corrected chi connectivity index (χ4v) is 3.49. The molecule has 0 saturated carbocycles. The maximum atomic E-state index is 11.1. The van der Waals surface area contributed by atoms with Crippen molar-refractivity contribution in [3.63, 3.8) is 0 Å². The van der Waals surface area contributed by atoms with Gasteiger partial charge in [0.05, 0.1) is 0 Å². The van der Waals surface area contributed by atoms with E-state index < -0.39 is 0 Å². The van der Waals surface area contributed by atoms with Gasteiger partial charge in [0.1, 0.15) is 6.61 Å². The molecular weight excluding hydrogens is 322 g/mol. The first-order valence-corrected chi connectivity index (χ1v) is 9.56. The molecule has 3 heteroatoms. The number of hydrogen-bond acceptors (Lipinski definition) is 2. The number of H-pyrrole nitrogens is 1. The minimum absolute atomic E-state index is 0.0432. The van der Waals surface area contributed by atoms with Gasteiger partial charge < -0.3 is 10.1 Å². The third-order valence-corrected chi connectivity index (χ3v) is 4.96. The zero-order chi connectivity index (χ0) is 18.2. The van der Waals surface area contributed by atoms with Crippen LogP contribution in [-0.2, 0) is 11.2 Å². The molecule has 0 bridgehead atoms. The van der Waals surface area contributed by atoms with Gasteiger partial charge >= 0.3 is 0 Å². The Morgan fingerprint density at radius 2 is 1.73 bits per heavy atom. The number of aryl methyl sites for hydroxylation is 1. The number of aliphatic hydroxyl groups excluding tert-OH is 1. The largest absolute Gasteiger partial charge is 0.389 e. The summed E-state index contributed by atoms with van der Waals surface area (Å²) in [6.45, 7) is -0.314. The van der Waals surface area contributed by atoms with E-state index in [4.69, 9.17) is 5.11 Å². The summed E-state index contributed by atoms with van der Waals surface area (Å²) in [4.78, 5) is 14.3. The summed E-state index contributed by atoms with van der Waals surface area (Å²) >= 11 is 0. The normalized spacial score (nSPS) is 11.1. The standard InChI is InChI=1S/C23H27NO2/c25-17-21(26)10-5-3-1-2-4-8-18-9-6-7-11-22(18)19-12-13-23-20(16-19)14-15-24-23/h6-7,9,11-16,24-25H,1-5,8,10,17H2. The molecule has 0 aliphatic rings. The summed E-state index contributed by atoms with van der Waals surface area (Å²) in [5.74, 6) is -0.0432. The summed E-state index contributed by atoms with van der Waals surface area (Å²) in [6.07, 6.45) is 9.03. The van der Waals surface area contributed by atoms with E-state index in [1.807, 2.05) is 6.20 Å². The number of fused-ring (bicyclic) bond motifs is 1. The van der Waals surface area contributed by atoms with Gasteiger partial charge in [-0.15, -0.1) is 0 Å². The van der Waals surface area contributed by atoms with Crippen molar-refractivity contribution in [2.75, 3.05) is 6.61 Å². The van der Waals surface area contributed by atoms with Gasteiger partial charge in [-0.2, -0.15) is 0 Å². The number of rotatable bonds is 10. The maximum absolute atomic E-state index is 11.1. The lowest BCUT2D eigenvalue weighted by atomic mass is 9.95. The molecule has 0 aliphatic carbocycles. The minimum atomic E-state index is -0.314. The van der Waals surface area contributed by atoms with Crippen molar-refractivity contribution in [2.24, 2.45) is 0 Å². The summed E-state index contributed by atoms with van der Waals surface area (Å²) in [5.41, 5.74) is 5.17. The first kappa shape index (κ1) is 18.4. The van der Waals surface area contributed by atoms with Crippen LogP contribution in [0.4, 0.5) is 0 Å². The smallest absolute Gasteiger partial charge is 0.158 e. The number of aromatic nitrogens is 1. The van der Waals surface area contributed by atoms with E-state index in [0.29, 0.717) is 6.42 Å². The maximum Gasteiger partial charge on any atom is 0.158 e. The highest BCUT2D eigenvalue weighted by Gasteiger charge is 2.06. The van der Waals surface area contributed by atoms with Crippen molar-refractivity contribution in [3.8, 4) is 11.1 Å². The van der Waals surface area contributed by atoms with E-state index in [-0.39, 0.29) is 12.4 Å². The SMILES string of the molecule is O=C(CO)CCCCCCCc1ccccc1-c1ccc2[nH]ccc2c1. The number of hydrogen-bond donors (Lipinski definition) is 2.